The normalized spacial score (nSPS) is 10.8. The van der Waals surface area contributed by atoms with E-state index < -0.39 is 0 Å². The predicted octanol–water partition coefficient (Wildman–Crippen LogP) is 2.46. The largest absolute Gasteiger partial charge is 0.380 e. The number of aryl methyl sites for hydroxylation is 1. The molecule has 18 heavy (non-hydrogen) atoms. The number of nitrogens with one attached hydrogen (secondary N) is 1. The Bertz CT molecular complexity index is 491. The number of ether oxygens (including phenoxy) is 1. The Balaban J connectivity index is 1.86. The first-order valence-electron chi connectivity index (χ1n) is 6.17. The van der Waals surface area contributed by atoms with Crippen LogP contribution < -0.4 is 5.32 Å². The molecule has 0 aliphatic carbocycles. The first-order chi connectivity index (χ1) is 8.79. The van der Waals surface area contributed by atoms with E-state index in [2.05, 4.69) is 59.5 Å². The van der Waals surface area contributed by atoms with Gasteiger partial charge in [0.15, 0.2) is 0 Å². The molecule has 1 heterocycles. The number of nitrogens with zero attached hydrogens (tertiary/aromatic N) is 1. The number of aromatic nitrogens is 1. The van der Waals surface area contributed by atoms with Gasteiger partial charge in [-0.2, -0.15) is 0 Å². The van der Waals surface area contributed by atoms with Gasteiger partial charge >= 0.3 is 0 Å². The van der Waals surface area contributed by atoms with Crippen molar-refractivity contribution in [1.82, 2.24) is 9.88 Å². The fraction of sp³-hybridized carbons (Fsp3) is 0.333. The zero-order chi connectivity index (χ0) is 12.8. The molecule has 3 nitrogen and oxygen atoms in total. The Morgan fingerprint density at radius 2 is 1.94 bits per heavy atom. The second-order valence-electron chi connectivity index (χ2n) is 4.47. The minimum absolute atomic E-state index is 0.672. The molecule has 0 fully saturated rings. The molecule has 0 saturated carbocycles. The van der Waals surface area contributed by atoms with Gasteiger partial charge in [-0.1, -0.05) is 24.3 Å². The fourth-order valence-electron chi connectivity index (χ4n) is 2.01. The molecule has 0 atom stereocenters. The van der Waals surface area contributed by atoms with Crippen molar-refractivity contribution in [2.24, 2.45) is 7.05 Å². The Labute approximate surface area is 108 Å². The van der Waals surface area contributed by atoms with Gasteiger partial charge in [-0.15, -0.1) is 0 Å². The molecule has 3 heteroatoms. The molecule has 0 radical (unpaired) electrons. The van der Waals surface area contributed by atoms with Crippen molar-refractivity contribution < 1.29 is 4.74 Å². The van der Waals surface area contributed by atoms with Crippen LogP contribution in [0.15, 0.2) is 42.6 Å². The maximum absolute atomic E-state index is 5.14. The Morgan fingerprint density at radius 1 is 1.11 bits per heavy atom. The highest BCUT2D eigenvalue weighted by Gasteiger charge is 1.98. The van der Waals surface area contributed by atoms with Gasteiger partial charge in [0.2, 0.25) is 0 Å². The van der Waals surface area contributed by atoms with Gasteiger partial charge in [-0.25, -0.2) is 0 Å². The molecule has 1 aromatic carbocycles. The van der Waals surface area contributed by atoms with Crippen LogP contribution >= 0.6 is 0 Å². The van der Waals surface area contributed by atoms with Crippen LogP contribution in [-0.2, 0) is 31.5 Å². The topological polar surface area (TPSA) is 26.2 Å². The number of rotatable bonds is 6. The third kappa shape index (κ3) is 3.45. The summed E-state index contributed by atoms with van der Waals surface area (Å²) in [6, 6.07) is 12.7. The van der Waals surface area contributed by atoms with Crippen LogP contribution in [0.1, 0.15) is 16.8 Å². The second kappa shape index (κ2) is 6.38. The average Bonchev–Trinajstić information content (AvgIpc) is 2.76. The maximum Gasteiger partial charge on any atom is 0.0713 e. The molecule has 0 unspecified atom stereocenters. The molecule has 0 spiro atoms. The van der Waals surface area contributed by atoms with Gasteiger partial charge in [0.25, 0.3) is 0 Å². The molecule has 2 aromatic rings. The lowest BCUT2D eigenvalue weighted by molar-refractivity contribution is 0.185. The Kier molecular flexibility index (Phi) is 4.56. The van der Waals surface area contributed by atoms with E-state index in [1.165, 1.54) is 16.8 Å². The minimum Gasteiger partial charge on any atom is -0.380 e. The van der Waals surface area contributed by atoms with Crippen LogP contribution in [-0.4, -0.2) is 11.7 Å². The third-order valence-corrected chi connectivity index (χ3v) is 2.99. The molecule has 2 rings (SSSR count). The summed E-state index contributed by atoms with van der Waals surface area (Å²) in [6.07, 6.45) is 2.07. The summed E-state index contributed by atoms with van der Waals surface area (Å²) in [5, 5.41) is 3.45. The zero-order valence-electron chi connectivity index (χ0n) is 11.0. The van der Waals surface area contributed by atoms with E-state index in [1.807, 2.05) is 0 Å². The molecule has 0 amide bonds. The van der Waals surface area contributed by atoms with E-state index in [0.29, 0.717) is 6.61 Å². The summed E-state index contributed by atoms with van der Waals surface area (Å²) in [5.41, 5.74) is 3.80. The molecule has 1 aromatic heterocycles. The van der Waals surface area contributed by atoms with Crippen molar-refractivity contribution in [1.29, 1.82) is 0 Å². The maximum atomic E-state index is 5.14. The van der Waals surface area contributed by atoms with E-state index in [-0.39, 0.29) is 0 Å². The van der Waals surface area contributed by atoms with Gasteiger partial charge in [0, 0.05) is 39.1 Å². The highest BCUT2D eigenvalue weighted by Crippen LogP contribution is 2.07. The monoisotopic (exact) mass is 244 g/mol. The van der Waals surface area contributed by atoms with Gasteiger partial charge in [0.1, 0.15) is 0 Å². The van der Waals surface area contributed by atoms with Gasteiger partial charge < -0.3 is 14.6 Å². The van der Waals surface area contributed by atoms with Crippen LogP contribution in [0, 0.1) is 0 Å². The lowest BCUT2D eigenvalue weighted by atomic mass is 10.1. The summed E-state index contributed by atoms with van der Waals surface area (Å²) < 4.78 is 7.27. The summed E-state index contributed by atoms with van der Waals surface area (Å²) in [6.45, 7) is 2.44. The van der Waals surface area contributed by atoms with Gasteiger partial charge in [-0.05, 0) is 23.3 Å². The van der Waals surface area contributed by atoms with E-state index in [9.17, 15) is 0 Å². The average molecular weight is 244 g/mol. The minimum atomic E-state index is 0.672. The van der Waals surface area contributed by atoms with Crippen LogP contribution in [0.2, 0.25) is 0 Å². The van der Waals surface area contributed by atoms with E-state index in [4.69, 9.17) is 4.74 Å². The summed E-state index contributed by atoms with van der Waals surface area (Å²) in [5.74, 6) is 0. The quantitative estimate of drug-likeness (QED) is 0.845. The molecule has 0 saturated heterocycles. The molecular formula is C15H20N2O. The van der Waals surface area contributed by atoms with Crippen LogP contribution in [0.5, 0.6) is 0 Å². The number of methoxy groups -OCH3 is 1. The van der Waals surface area contributed by atoms with Gasteiger partial charge in [-0.3, -0.25) is 0 Å². The van der Waals surface area contributed by atoms with Crippen LogP contribution in [0.3, 0.4) is 0 Å². The smallest absolute Gasteiger partial charge is 0.0713 e. The lowest BCUT2D eigenvalue weighted by Gasteiger charge is -2.07. The number of hydrogen-bond donors (Lipinski definition) is 1. The molecule has 96 valence electrons. The first kappa shape index (κ1) is 12.9. The van der Waals surface area contributed by atoms with E-state index >= 15 is 0 Å². The number of hydrogen-bond acceptors (Lipinski definition) is 2. The van der Waals surface area contributed by atoms with Crippen LogP contribution in [0.25, 0.3) is 0 Å². The van der Waals surface area contributed by atoms with Crippen molar-refractivity contribution in [2.75, 3.05) is 7.11 Å². The van der Waals surface area contributed by atoms with E-state index in [0.717, 1.165) is 13.1 Å². The third-order valence-electron chi connectivity index (χ3n) is 2.99. The SMILES string of the molecule is COCc1cccc(CNCc2cccn2C)c1. The molecular weight excluding hydrogens is 224 g/mol. The van der Waals surface area contributed by atoms with E-state index in [1.54, 1.807) is 7.11 Å². The summed E-state index contributed by atoms with van der Waals surface area (Å²) in [4.78, 5) is 0. The van der Waals surface area contributed by atoms with Gasteiger partial charge in [0.05, 0.1) is 6.61 Å². The second-order valence-corrected chi connectivity index (χ2v) is 4.47. The Morgan fingerprint density at radius 3 is 2.67 bits per heavy atom. The lowest BCUT2D eigenvalue weighted by Crippen LogP contribution is -2.14. The summed E-state index contributed by atoms with van der Waals surface area (Å²) in [7, 11) is 3.79. The van der Waals surface area contributed by atoms with Crippen molar-refractivity contribution in [2.45, 2.75) is 19.7 Å². The zero-order valence-corrected chi connectivity index (χ0v) is 11.0. The predicted molar refractivity (Wildman–Crippen MR) is 73.1 cm³/mol. The van der Waals surface area contributed by atoms with Crippen molar-refractivity contribution in [3.63, 3.8) is 0 Å². The van der Waals surface area contributed by atoms with Crippen LogP contribution in [0.4, 0.5) is 0 Å². The number of benzene rings is 1. The molecule has 0 aliphatic rings. The highest BCUT2D eigenvalue weighted by atomic mass is 16.5. The molecule has 0 bridgehead atoms. The highest BCUT2D eigenvalue weighted by molar-refractivity contribution is 5.23. The standard InChI is InChI=1S/C15H20N2O/c1-17-8-4-7-15(17)11-16-10-13-5-3-6-14(9-13)12-18-2/h3-9,16H,10-12H2,1-2H3. The Hall–Kier alpha value is -1.58. The van der Waals surface area contributed by atoms with Crippen molar-refractivity contribution in [3.05, 3.63) is 59.4 Å². The van der Waals surface area contributed by atoms with Crippen molar-refractivity contribution >= 4 is 0 Å². The first-order valence-corrected chi connectivity index (χ1v) is 6.17. The van der Waals surface area contributed by atoms with Crippen molar-refractivity contribution in [3.8, 4) is 0 Å². The fourth-order valence-corrected chi connectivity index (χ4v) is 2.01. The summed E-state index contributed by atoms with van der Waals surface area (Å²) >= 11 is 0. The molecule has 1 N–H and O–H groups in total. The molecule has 0 aliphatic heterocycles.